The van der Waals surface area contributed by atoms with Crippen molar-refractivity contribution in [2.45, 2.75) is 29.9 Å². The number of hydrogen-bond acceptors (Lipinski definition) is 2. The summed E-state index contributed by atoms with van der Waals surface area (Å²) in [6, 6.07) is 3.22. The molecular weight excluding hydrogens is 246 g/mol. The molecule has 2 rings (SSSR count). The first-order chi connectivity index (χ1) is 8.00. The minimum absolute atomic E-state index is 0.0888. The zero-order valence-corrected chi connectivity index (χ0v) is 10.1. The second kappa shape index (κ2) is 4.64. The van der Waals surface area contributed by atoms with E-state index < -0.39 is 22.4 Å². The molecule has 0 heterocycles. The fraction of sp³-hybridized carbons (Fsp3) is 0.417. The van der Waals surface area contributed by atoms with Crippen LogP contribution < -0.4 is 0 Å². The van der Waals surface area contributed by atoms with Crippen LogP contribution in [0.15, 0.2) is 23.1 Å². The molecule has 0 N–H and O–H groups in total. The van der Waals surface area contributed by atoms with E-state index in [4.69, 9.17) is 0 Å². The van der Waals surface area contributed by atoms with Gasteiger partial charge in [0.2, 0.25) is 0 Å². The smallest absolute Gasteiger partial charge is 0.160 e. The molecule has 1 aliphatic rings. The molecule has 92 valence electrons. The van der Waals surface area contributed by atoms with Gasteiger partial charge in [0.25, 0.3) is 0 Å². The molecule has 3 unspecified atom stereocenters. The van der Waals surface area contributed by atoms with Gasteiger partial charge in [-0.2, -0.15) is 0 Å². The summed E-state index contributed by atoms with van der Waals surface area (Å²) < 4.78 is 37.9. The molecule has 0 spiro atoms. The summed E-state index contributed by atoms with van der Waals surface area (Å²) in [6.45, 7) is 1.73. The van der Waals surface area contributed by atoms with Crippen molar-refractivity contribution in [1.29, 1.82) is 0 Å². The van der Waals surface area contributed by atoms with Gasteiger partial charge in [-0.25, -0.2) is 8.78 Å². The van der Waals surface area contributed by atoms with Crippen molar-refractivity contribution < 1.29 is 17.8 Å². The van der Waals surface area contributed by atoms with Crippen molar-refractivity contribution in [2.24, 2.45) is 5.92 Å². The molecule has 1 saturated carbocycles. The van der Waals surface area contributed by atoms with E-state index in [1.54, 1.807) is 6.92 Å². The van der Waals surface area contributed by atoms with Gasteiger partial charge in [-0.05, 0) is 24.6 Å². The Bertz CT molecular complexity index is 487. The van der Waals surface area contributed by atoms with Gasteiger partial charge in [0.15, 0.2) is 11.6 Å². The monoisotopic (exact) mass is 258 g/mol. The first-order valence-electron chi connectivity index (χ1n) is 5.39. The van der Waals surface area contributed by atoms with Crippen molar-refractivity contribution >= 4 is 16.6 Å². The molecule has 0 bridgehead atoms. The van der Waals surface area contributed by atoms with Crippen LogP contribution in [0.3, 0.4) is 0 Å². The molecule has 1 aliphatic carbocycles. The molecule has 1 fully saturated rings. The summed E-state index contributed by atoms with van der Waals surface area (Å²) >= 11 is 0. The van der Waals surface area contributed by atoms with Crippen LogP contribution in [0.1, 0.15) is 19.8 Å². The quantitative estimate of drug-likeness (QED) is 0.816. The van der Waals surface area contributed by atoms with E-state index >= 15 is 0 Å². The number of halogens is 2. The lowest BCUT2D eigenvalue weighted by atomic mass is 10.1. The number of carbonyl (C=O) groups is 1. The van der Waals surface area contributed by atoms with E-state index in [0.29, 0.717) is 12.8 Å². The highest BCUT2D eigenvalue weighted by atomic mass is 32.2. The van der Waals surface area contributed by atoms with E-state index in [0.717, 1.165) is 12.1 Å². The van der Waals surface area contributed by atoms with Crippen molar-refractivity contribution in [1.82, 2.24) is 0 Å². The fourth-order valence-corrected chi connectivity index (χ4v) is 3.66. The highest BCUT2D eigenvalue weighted by Gasteiger charge is 2.35. The lowest BCUT2D eigenvalue weighted by Gasteiger charge is -2.13. The van der Waals surface area contributed by atoms with Crippen LogP contribution in [0.4, 0.5) is 8.78 Å². The van der Waals surface area contributed by atoms with Crippen LogP contribution in [0.2, 0.25) is 0 Å². The fourth-order valence-electron chi connectivity index (χ4n) is 2.04. The molecule has 1 aromatic carbocycles. The lowest BCUT2D eigenvalue weighted by Crippen LogP contribution is -2.21. The second-order valence-corrected chi connectivity index (χ2v) is 5.88. The van der Waals surface area contributed by atoms with Crippen molar-refractivity contribution in [3.05, 3.63) is 29.8 Å². The van der Waals surface area contributed by atoms with Crippen LogP contribution >= 0.6 is 0 Å². The third kappa shape index (κ3) is 2.29. The lowest BCUT2D eigenvalue weighted by molar-refractivity contribution is -0.120. The molecule has 1 aromatic rings. The Balaban J connectivity index is 2.25. The first kappa shape index (κ1) is 12.4. The maximum atomic E-state index is 13.0. The van der Waals surface area contributed by atoms with E-state index in [1.807, 2.05) is 0 Å². The Morgan fingerprint density at radius 3 is 2.53 bits per heavy atom. The molecule has 0 amide bonds. The van der Waals surface area contributed by atoms with Crippen molar-refractivity contribution in [3.8, 4) is 0 Å². The number of ketones is 1. The van der Waals surface area contributed by atoms with Gasteiger partial charge in [0, 0.05) is 22.5 Å². The van der Waals surface area contributed by atoms with E-state index in [-0.39, 0.29) is 21.8 Å². The molecule has 5 heteroatoms. The summed E-state index contributed by atoms with van der Waals surface area (Å²) in [6.07, 6.45) is 0.965. The highest BCUT2D eigenvalue weighted by Crippen LogP contribution is 2.29. The predicted molar refractivity (Wildman–Crippen MR) is 60.0 cm³/mol. The minimum atomic E-state index is -1.46. The van der Waals surface area contributed by atoms with Crippen LogP contribution in [-0.2, 0) is 15.6 Å². The first-order valence-corrected chi connectivity index (χ1v) is 6.60. The Labute approximate surface area is 100 Å². The SMILES string of the molecule is CC1C(=O)CCC1S(=O)c1ccc(F)c(F)c1. The van der Waals surface area contributed by atoms with Crippen molar-refractivity contribution in [3.63, 3.8) is 0 Å². The summed E-state index contributed by atoms with van der Waals surface area (Å²) in [5.74, 6) is -2.15. The third-order valence-electron chi connectivity index (χ3n) is 3.14. The standard InChI is InChI=1S/C12H12F2O2S/c1-7-11(15)4-5-12(7)17(16)8-2-3-9(13)10(14)6-8/h2-3,6-7,12H,4-5H2,1H3. The van der Waals surface area contributed by atoms with Gasteiger partial charge in [-0.15, -0.1) is 0 Å². The largest absolute Gasteiger partial charge is 0.299 e. The predicted octanol–water partition coefficient (Wildman–Crippen LogP) is 2.44. The van der Waals surface area contributed by atoms with Gasteiger partial charge in [0.1, 0.15) is 5.78 Å². The van der Waals surface area contributed by atoms with Gasteiger partial charge in [0.05, 0.1) is 10.8 Å². The number of benzene rings is 1. The third-order valence-corrected chi connectivity index (χ3v) is 5.05. The molecule has 0 aliphatic heterocycles. The topological polar surface area (TPSA) is 34.1 Å². The maximum Gasteiger partial charge on any atom is 0.160 e. The van der Waals surface area contributed by atoms with Crippen LogP contribution in [-0.4, -0.2) is 15.2 Å². The summed E-state index contributed by atoms with van der Waals surface area (Å²) in [7, 11) is -1.46. The zero-order valence-electron chi connectivity index (χ0n) is 9.28. The number of rotatable bonds is 2. The van der Waals surface area contributed by atoms with Gasteiger partial charge < -0.3 is 0 Å². The summed E-state index contributed by atoms with van der Waals surface area (Å²) in [4.78, 5) is 11.6. The average Bonchev–Trinajstić information content (AvgIpc) is 2.63. The molecule has 0 saturated heterocycles. The molecule has 0 aromatic heterocycles. The second-order valence-electron chi connectivity index (χ2n) is 4.21. The Hall–Kier alpha value is -1.10. The average molecular weight is 258 g/mol. The number of Topliss-reactive ketones (excluding diaryl/α,β-unsaturated/α-hetero) is 1. The van der Waals surface area contributed by atoms with E-state index in [1.165, 1.54) is 6.07 Å². The normalized spacial score (nSPS) is 26.2. The Kier molecular flexibility index (Phi) is 3.38. The molecule has 3 atom stereocenters. The number of carbonyl (C=O) groups excluding carboxylic acids is 1. The zero-order chi connectivity index (χ0) is 12.6. The van der Waals surface area contributed by atoms with Crippen LogP contribution in [0, 0.1) is 17.6 Å². The Morgan fingerprint density at radius 1 is 1.29 bits per heavy atom. The summed E-state index contributed by atoms with van der Waals surface area (Å²) in [5, 5.41) is -0.285. The number of hydrogen-bond donors (Lipinski definition) is 0. The van der Waals surface area contributed by atoms with Crippen LogP contribution in [0.5, 0.6) is 0 Å². The van der Waals surface area contributed by atoms with Gasteiger partial charge in [-0.1, -0.05) is 6.92 Å². The van der Waals surface area contributed by atoms with Crippen LogP contribution in [0.25, 0.3) is 0 Å². The van der Waals surface area contributed by atoms with Gasteiger partial charge >= 0.3 is 0 Å². The summed E-state index contributed by atoms with van der Waals surface area (Å²) in [5.41, 5.74) is 0. The van der Waals surface area contributed by atoms with E-state index in [9.17, 15) is 17.8 Å². The van der Waals surface area contributed by atoms with Gasteiger partial charge in [-0.3, -0.25) is 9.00 Å². The highest BCUT2D eigenvalue weighted by molar-refractivity contribution is 7.85. The maximum absolute atomic E-state index is 13.0. The van der Waals surface area contributed by atoms with Crippen molar-refractivity contribution in [2.75, 3.05) is 0 Å². The molecule has 17 heavy (non-hydrogen) atoms. The molecular formula is C12H12F2O2S. The van der Waals surface area contributed by atoms with E-state index in [2.05, 4.69) is 0 Å². The molecule has 2 nitrogen and oxygen atoms in total. The molecule has 0 radical (unpaired) electrons. The Morgan fingerprint density at radius 2 is 2.00 bits per heavy atom. The minimum Gasteiger partial charge on any atom is -0.299 e.